The van der Waals surface area contributed by atoms with Crippen molar-refractivity contribution in [1.29, 1.82) is 0 Å². The molecule has 0 atom stereocenters. The Morgan fingerprint density at radius 2 is 1.87 bits per heavy atom. The highest BCUT2D eigenvalue weighted by Crippen LogP contribution is 2.14. The summed E-state index contributed by atoms with van der Waals surface area (Å²) in [6.07, 6.45) is 1.04. The van der Waals surface area contributed by atoms with E-state index in [2.05, 4.69) is 19.0 Å². The van der Waals surface area contributed by atoms with Gasteiger partial charge < -0.3 is 0 Å². The molecule has 0 aliphatic carbocycles. The standard InChI is InChI=1S/C12H15NO2/c1-9(2)7-10-5-3-4-6-11(10)8-12(14)13-15/h3-6,9H,7-8H2,1-2H3. The van der Waals surface area contributed by atoms with E-state index >= 15 is 0 Å². The molecule has 0 saturated carbocycles. The summed E-state index contributed by atoms with van der Waals surface area (Å²) < 4.78 is 0. The van der Waals surface area contributed by atoms with Crippen molar-refractivity contribution >= 4 is 5.91 Å². The van der Waals surface area contributed by atoms with E-state index in [1.807, 2.05) is 24.3 Å². The fourth-order valence-electron chi connectivity index (χ4n) is 1.56. The monoisotopic (exact) mass is 205 g/mol. The number of rotatable bonds is 4. The zero-order valence-electron chi connectivity index (χ0n) is 9.06. The quantitative estimate of drug-likeness (QED) is 0.709. The molecule has 0 unspecified atom stereocenters. The molecule has 0 fully saturated rings. The number of carbonyl (C=O) groups is 1. The molecule has 15 heavy (non-hydrogen) atoms. The van der Waals surface area contributed by atoms with Crippen LogP contribution in [0.3, 0.4) is 0 Å². The maximum Gasteiger partial charge on any atom is 0.290 e. The Bertz CT molecular complexity index is 358. The molecule has 1 rings (SSSR count). The number of hydrogen-bond acceptors (Lipinski definition) is 2. The number of nitrogens with zero attached hydrogens (tertiary/aromatic N) is 1. The second-order valence-electron chi connectivity index (χ2n) is 4.03. The molecule has 3 heteroatoms. The summed E-state index contributed by atoms with van der Waals surface area (Å²) in [5.74, 6) is -0.0725. The lowest BCUT2D eigenvalue weighted by Crippen LogP contribution is -2.04. The van der Waals surface area contributed by atoms with Crippen molar-refractivity contribution in [2.75, 3.05) is 0 Å². The van der Waals surface area contributed by atoms with Gasteiger partial charge in [0.25, 0.3) is 5.91 Å². The topological polar surface area (TPSA) is 46.5 Å². The molecule has 1 amide bonds. The Balaban J connectivity index is 2.85. The number of hydrogen-bond donors (Lipinski definition) is 0. The van der Waals surface area contributed by atoms with Gasteiger partial charge in [-0.2, -0.15) is 0 Å². The van der Waals surface area contributed by atoms with Crippen LogP contribution in [0.5, 0.6) is 0 Å². The normalized spacial score (nSPS) is 10.3. The number of amides is 1. The number of benzene rings is 1. The Kier molecular flexibility index (Phi) is 4.16. The van der Waals surface area contributed by atoms with Crippen LogP contribution in [0.25, 0.3) is 0 Å². The zero-order chi connectivity index (χ0) is 11.3. The van der Waals surface area contributed by atoms with Gasteiger partial charge in [0.1, 0.15) is 0 Å². The van der Waals surface area contributed by atoms with Crippen LogP contribution in [0.2, 0.25) is 0 Å². The fourth-order valence-corrected chi connectivity index (χ4v) is 1.56. The molecule has 0 N–H and O–H groups in total. The van der Waals surface area contributed by atoms with Crippen molar-refractivity contribution < 1.29 is 4.79 Å². The summed E-state index contributed by atoms with van der Waals surface area (Å²) in [4.78, 5) is 21.0. The second-order valence-corrected chi connectivity index (χ2v) is 4.03. The maximum atomic E-state index is 10.9. The van der Waals surface area contributed by atoms with Gasteiger partial charge in [-0.1, -0.05) is 38.1 Å². The molecule has 0 aromatic heterocycles. The predicted molar refractivity (Wildman–Crippen MR) is 59.5 cm³/mol. The second kappa shape index (κ2) is 5.39. The van der Waals surface area contributed by atoms with E-state index < -0.39 is 5.91 Å². The highest BCUT2D eigenvalue weighted by Gasteiger charge is 2.08. The first kappa shape index (κ1) is 11.6. The molecule has 0 saturated heterocycles. The Morgan fingerprint density at radius 3 is 2.40 bits per heavy atom. The minimum absolute atomic E-state index is 0.117. The molecule has 0 spiro atoms. The third kappa shape index (κ3) is 3.62. The maximum absolute atomic E-state index is 10.9. The van der Waals surface area contributed by atoms with Crippen LogP contribution in [-0.4, -0.2) is 5.91 Å². The summed E-state index contributed by atoms with van der Waals surface area (Å²) in [5.41, 5.74) is 2.04. The van der Waals surface area contributed by atoms with E-state index in [1.165, 1.54) is 0 Å². The van der Waals surface area contributed by atoms with Gasteiger partial charge in [-0.05, 0) is 23.5 Å². The average molecular weight is 205 g/mol. The lowest BCUT2D eigenvalue weighted by molar-refractivity contribution is -0.117. The molecule has 1 aromatic rings. The van der Waals surface area contributed by atoms with Crippen LogP contribution in [-0.2, 0) is 17.6 Å². The zero-order valence-corrected chi connectivity index (χ0v) is 9.06. The highest BCUT2D eigenvalue weighted by molar-refractivity contribution is 5.79. The lowest BCUT2D eigenvalue weighted by atomic mass is 9.96. The molecule has 80 valence electrons. The van der Waals surface area contributed by atoms with Gasteiger partial charge in [-0.3, -0.25) is 4.79 Å². The Labute approximate surface area is 89.5 Å². The van der Waals surface area contributed by atoms with Crippen molar-refractivity contribution in [1.82, 2.24) is 0 Å². The molecule has 0 bridgehead atoms. The summed E-state index contributed by atoms with van der Waals surface area (Å²) in [6, 6.07) is 7.69. The fraction of sp³-hybridized carbons (Fsp3) is 0.417. The summed E-state index contributed by atoms with van der Waals surface area (Å²) in [7, 11) is 0. The van der Waals surface area contributed by atoms with Crippen LogP contribution < -0.4 is 0 Å². The molecule has 0 radical (unpaired) electrons. The third-order valence-electron chi connectivity index (χ3n) is 2.19. The van der Waals surface area contributed by atoms with Gasteiger partial charge >= 0.3 is 0 Å². The van der Waals surface area contributed by atoms with Crippen molar-refractivity contribution in [3.63, 3.8) is 0 Å². The summed E-state index contributed by atoms with van der Waals surface area (Å²) in [6.45, 7) is 4.24. The first-order valence-electron chi connectivity index (χ1n) is 5.06. The molecular weight excluding hydrogens is 190 g/mol. The Morgan fingerprint density at radius 1 is 1.27 bits per heavy atom. The van der Waals surface area contributed by atoms with Crippen LogP contribution in [0.4, 0.5) is 0 Å². The predicted octanol–water partition coefficient (Wildman–Crippen LogP) is 2.72. The van der Waals surface area contributed by atoms with Crippen LogP contribution in [0.15, 0.2) is 29.4 Å². The van der Waals surface area contributed by atoms with Gasteiger partial charge in [0, 0.05) is 5.18 Å². The summed E-state index contributed by atoms with van der Waals surface area (Å²) >= 11 is 0. The van der Waals surface area contributed by atoms with Gasteiger partial charge in [0.05, 0.1) is 6.42 Å². The smallest absolute Gasteiger partial charge is 0.269 e. The van der Waals surface area contributed by atoms with Gasteiger partial charge in [-0.15, -0.1) is 4.91 Å². The third-order valence-corrected chi connectivity index (χ3v) is 2.19. The van der Waals surface area contributed by atoms with Crippen molar-refractivity contribution in [2.45, 2.75) is 26.7 Å². The van der Waals surface area contributed by atoms with E-state index in [-0.39, 0.29) is 6.42 Å². The van der Waals surface area contributed by atoms with E-state index in [0.717, 1.165) is 17.5 Å². The van der Waals surface area contributed by atoms with Crippen LogP contribution in [0.1, 0.15) is 25.0 Å². The van der Waals surface area contributed by atoms with E-state index in [0.29, 0.717) is 5.92 Å². The van der Waals surface area contributed by atoms with Crippen molar-refractivity contribution in [2.24, 2.45) is 11.1 Å². The molecule has 0 aliphatic heterocycles. The average Bonchev–Trinajstić information content (AvgIpc) is 2.20. The van der Waals surface area contributed by atoms with Crippen LogP contribution in [0, 0.1) is 10.8 Å². The van der Waals surface area contributed by atoms with Crippen molar-refractivity contribution in [3.05, 3.63) is 40.3 Å². The van der Waals surface area contributed by atoms with Crippen LogP contribution >= 0.6 is 0 Å². The molecule has 1 aromatic carbocycles. The minimum atomic E-state index is -0.605. The van der Waals surface area contributed by atoms with E-state index in [9.17, 15) is 9.70 Å². The van der Waals surface area contributed by atoms with Crippen molar-refractivity contribution in [3.8, 4) is 0 Å². The van der Waals surface area contributed by atoms with Gasteiger partial charge in [0.15, 0.2) is 0 Å². The van der Waals surface area contributed by atoms with E-state index in [1.54, 1.807) is 0 Å². The first-order chi connectivity index (χ1) is 7.13. The SMILES string of the molecule is CC(C)Cc1ccccc1CC(=O)N=O. The van der Waals surface area contributed by atoms with Gasteiger partial charge in [-0.25, -0.2) is 0 Å². The highest BCUT2D eigenvalue weighted by atomic mass is 16.3. The molecule has 0 heterocycles. The largest absolute Gasteiger partial charge is 0.290 e. The first-order valence-corrected chi connectivity index (χ1v) is 5.06. The number of carbonyl (C=O) groups excluding carboxylic acids is 1. The Hall–Kier alpha value is -1.51. The van der Waals surface area contributed by atoms with E-state index in [4.69, 9.17) is 0 Å². The molecule has 3 nitrogen and oxygen atoms in total. The lowest BCUT2D eigenvalue weighted by Gasteiger charge is -2.09. The minimum Gasteiger partial charge on any atom is -0.269 e. The molecular formula is C12H15NO2. The number of nitroso groups, excluding NO2 is 1. The summed E-state index contributed by atoms with van der Waals surface area (Å²) in [5, 5.41) is 2.42. The van der Waals surface area contributed by atoms with Gasteiger partial charge in [0.2, 0.25) is 0 Å². The molecule has 0 aliphatic rings.